The average molecular weight is 373 g/mol. The predicted octanol–water partition coefficient (Wildman–Crippen LogP) is 2.81. The molecule has 7 heteroatoms. The number of likely N-dealkylation sites (tertiary alicyclic amines) is 1. The number of nitrogens with two attached hydrogens (primary N) is 1. The van der Waals surface area contributed by atoms with Gasteiger partial charge in [-0.15, -0.1) is 12.4 Å². The van der Waals surface area contributed by atoms with Crippen LogP contribution in [0.3, 0.4) is 0 Å². The minimum absolute atomic E-state index is 0. The van der Waals surface area contributed by atoms with Crippen LogP contribution < -0.4 is 11.4 Å². The summed E-state index contributed by atoms with van der Waals surface area (Å²) in [6.07, 6.45) is 1.53. The Morgan fingerprint density at radius 3 is 2.38 bits per heavy atom. The number of anilines is 1. The monoisotopic (exact) mass is 372 g/mol. The maximum absolute atomic E-state index is 12.6. The molecular formula is C19H21ClN4O2. The SMILES string of the molecule is Cl.Nc1ccc(C(=O)N2CCC(n3c(=O)[nH]c4ccccc43)CC2)cc1. The van der Waals surface area contributed by atoms with E-state index in [1.165, 1.54) is 0 Å². The molecule has 0 spiro atoms. The van der Waals surface area contributed by atoms with E-state index in [0.29, 0.717) is 24.3 Å². The molecule has 4 rings (SSSR count). The Balaban J connectivity index is 0.00000196. The molecular weight excluding hydrogens is 352 g/mol. The highest BCUT2D eigenvalue weighted by Gasteiger charge is 2.26. The van der Waals surface area contributed by atoms with Crippen molar-refractivity contribution < 1.29 is 4.79 Å². The average Bonchev–Trinajstić information content (AvgIpc) is 2.97. The van der Waals surface area contributed by atoms with Crippen LogP contribution in [0.5, 0.6) is 0 Å². The van der Waals surface area contributed by atoms with Crippen molar-refractivity contribution in [2.24, 2.45) is 0 Å². The maximum atomic E-state index is 12.6. The first-order chi connectivity index (χ1) is 12.1. The topological polar surface area (TPSA) is 84.1 Å². The fourth-order valence-corrected chi connectivity index (χ4v) is 3.57. The number of aromatic nitrogens is 2. The largest absolute Gasteiger partial charge is 0.399 e. The fourth-order valence-electron chi connectivity index (χ4n) is 3.57. The van der Waals surface area contributed by atoms with Crippen LogP contribution in [0.4, 0.5) is 5.69 Å². The van der Waals surface area contributed by atoms with Crippen LogP contribution in [0.1, 0.15) is 29.2 Å². The lowest BCUT2D eigenvalue weighted by atomic mass is 10.0. The third-order valence-electron chi connectivity index (χ3n) is 4.90. The summed E-state index contributed by atoms with van der Waals surface area (Å²) in [5, 5.41) is 0. The van der Waals surface area contributed by atoms with Gasteiger partial charge in [-0.05, 0) is 49.2 Å². The molecule has 1 aliphatic heterocycles. The van der Waals surface area contributed by atoms with Crippen molar-refractivity contribution in [3.8, 4) is 0 Å². The van der Waals surface area contributed by atoms with Gasteiger partial charge in [-0.2, -0.15) is 0 Å². The molecule has 3 N–H and O–H groups in total. The van der Waals surface area contributed by atoms with Gasteiger partial charge in [0.2, 0.25) is 0 Å². The summed E-state index contributed by atoms with van der Waals surface area (Å²) in [4.78, 5) is 29.7. The maximum Gasteiger partial charge on any atom is 0.326 e. The quantitative estimate of drug-likeness (QED) is 0.678. The summed E-state index contributed by atoms with van der Waals surface area (Å²) in [5.74, 6) is 0.0183. The van der Waals surface area contributed by atoms with Gasteiger partial charge in [0, 0.05) is 30.4 Å². The molecule has 1 saturated heterocycles. The Kier molecular flexibility index (Phi) is 5.04. The van der Waals surface area contributed by atoms with E-state index in [9.17, 15) is 9.59 Å². The second-order valence-electron chi connectivity index (χ2n) is 6.46. The highest BCUT2D eigenvalue weighted by atomic mass is 35.5. The van der Waals surface area contributed by atoms with Crippen LogP contribution in [0.15, 0.2) is 53.3 Å². The van der Waals surface area contributed by atoms with Crippen molar-refractivity contribution >= 4 is 35.0 Å². The zero-order valence-corrected chi connectivity index (χ0v) is 15.0. The Morgan fingerprint density at radius 2 is 1.69 bits per heavy atom. The number of nitrogens with zero attached hydrogens (tertiary/aromatic N) is 2. The van der Waals surface area contributed by atoms with E-state index in [4.69, 9.17) is 5.73 Å². The van der Waals surface area contributed by atoms with E-state index in [-0.39, 0.29) is 30.0 Å². The minimum atomic E-state index is -0.0792. The van der Waals surface area contributed by atoms with Gasteiger partial charge in [-0.3, -0.25) is 9.36 Å². The van der Waals surface area contributed by atoms with Crippen LogP contribution in [0.2, 0.25) is 0 Å². The highest BCUT2D eigenvalue weighted by molar-refractivity contribution is 5.94. The number of hydrogen-bond donors (Lipinski definition) is 2. The van der Waals surface area contributed by atoms with E-state index >= 15 is 0 Å². The standard InChI is InChI=1S/C19H20N4O2.ClH/c20-14-7-5-13(6-8-14)18(24)22-11-9-15(10-12-22)23-17-4-2-1-3-16(17)21-19(23)25;/h1-8,15H,9-12,20H2,(H,21,25);1H. The number of nitrogens with one attached hydrogen (secondary N) is 1. The number of carbonyl (C=O) groups excluding carboxylic acids is 1. The molecule has 1 aromatic heterocycles. The summed E-state index contributed by atoms with van der Waals surface area (Å²) in [5.41, 5.74) is 8.68. The highest BCUT2D eigenvalue weighted by Crippen LogP contribution is 2.25. The number of rotatable bonds is 2. The molecule has 2 heterocycles. The lowest BCUT2D eigenvalue weighted by Crippen LogP contribution is -2.40. The fraction of sp³-hybridized carbons (Fsp3) is 0.263. The molecule has 26 heavy (non-hydrogen) atoms. The number of fused-ring (bicyclic) bond motifs is 1. The third-order valence-corrected chi connectivity index (χ3v) is 4.90. The number of piperidine rings is 1. The number of amides is 1. The Bertz CT molecular complexity index is 969. The summed E-state index contributed by atoms with van der Waals surface area (Å²) in [7, 11) is 0. The second-order valence-corrected chi connectivity index (χ2v) is 6.46. The molecule has 0 aliphatic carbocycles. The molecule has 0 bridgehead atoms. The molecule has 136 valence electrons. The zero-order chi connectivity index (χ0) is 17.4. The number of nitrogen functional groups attached to an aromatic ring is 1. The third kappa shape index (κ3) is 3.20. The molecule has 0 unspecified atom stereocenters. The van der Waals surface area contributed by atoms with Crippen molar-refractivity contribution in [3.63, 3.8) is 0 Å². The normalized spacial score (nSPS) is 15.0. The van der Waals surface area contributed by atoms with Gasteiger partial charge in [0.15, 0.2) is 0 Å². The molecule has 0 atom stereocenters. The molecule has 1 fully saturated rings. The van der Waals surface area contributed by atoms with Crippen LogP contribution in [-0.4, -0.2) is 33.4 Å². The summed E-state index contributed by atoms with van der Waals surface area (Å²) in [6.45, 7) is 1.28. The van der Waals surface area contributed by atoms with E-state index in [2.05, 4.69) is 4.98 Å². The molecule has 0 saturated carbocycles. The number of halogens is 1. The van der Waals surface area contributed by atoms with Crippen LogP contribution in [0, 0.1) is 0 Å². The van der Waals surface area contributed by atoms with Crippen LogP contribution >= 0.6 is 12.4 Å². The number of aromatic amines is 1. The summed E-state index contributed by atoms with van der Waals surface area (Å²) >= 11 is 0. The Morgan fingerprint density at radius 1 is 1.04 bits per heavy atom. The Labute approximate surface area is 157 Å². The van der Waals surface area contributed by atoms with Gasteiger partial charge in [0.1, 0.15) is 0 Å². The number of para-hydroxylation sites is 2. The minimum Gasteiger partial charge on any atom is -0.399 e. The van der Waals surface area contributed by atoms with Gasteiger partial charge in [-0.25, -0.2) is 4.79 Å². The molecule has 3 aromatic rings. The Hall–Kier alpha value is -2.73. The van der Waals surface area contributed by atoms with E-state index in [0.717, 1.165) is 23.9 Å². The van der Waals surface area contributed by atoms with Gasteiger partial charge >= 0.3 is 5.69 Å². The van der Waals surface area contributed by atoms with Crippen molar-refractivity contribution in [1.29, 1.82) is 0 Å². The molecule has 6 nitrogen and oxygen atoms in total. The van der Waals surface area contributed by atoms with E-state index < -0.39 is 0 Å². The number of benzene rings is 2. The van der Waals surface area contributed by atoms with Crippen molar-refractivity contribution in [1.82, 2.24) is 14.5 Å². The first kappa shape index (κ1) is 18.1. The smallest absolute Gasteiger partial charge is 0.326 e. The summed E-state index contributed by atoms with van der Waals surface area (Å²) < 4.78 is 1.83. The van der Waals surface area contributed by atoms with E-state index in [1.54, 1.807) is 24.3 Å². The lowest BCUT2D eigenvalue weighted by Gasteiger charge is -2.32. The number of H-pyrrole nitrogens is 1. The van der Waals surface area contributed by atoms with Gasteiger partial charge in [-0.1, -0.05) is 12.1 Å². The number of carbonyl (C=O) groups is 1. The van der Waals surface area contributed by atoms with Gasteiger partial charge < -0.3 is 15.6 Å². The van der Waals surface area contributed by atoms with Crippen LogP contribution in [0.25, 0.3) is 11.0 Å². The van der Waals surface area contributed by atoms with Crippen LogP contribution in [-0.2, 0) is 0 Å². The predicted molar refractivity (Wildman–Crippen MR) is 105 cm³/mol. The van der Waals surface area contributed by atoms with E-state index in [1.807, 2.05) is 33.7 Å². The molecule has 1 amide bonds. The summed E-state index contributed by atoms with van der Waals surface area (Å²) in [6, 6.07) is 14.8. The van der Waals surface area contributed by atoms with Gasteiger partial charge in [0.25, 0.3) is 5.91 Å². The van der Waals surface area contributed by atoms with Crippen molar-refractivity contribution in [2.75, 3.05) is 18.8 Å². The van der Waals surface area contributed by atoms with Crippen molar-refractivity contribution in [3.05, 3.63) is 64.6 Å². The van der Waals surface area contributed by atoms with Gasteiger partial charge in [0.05, 0.1) is 11.0 Å². The zero-order valence-electron chi connectivity index (χ0n) is 14.2. The molecule has 2 aromatic carbocycles. The lowest BCUT2D eigenvalue weighted by molar-refractivity contribution is 0.0695. The number of hydrogen-bond acceptors (Lipinski definition) is 3. The molecule has 1 aliphatic rings. The first-order valence-electron chi connectivity index (χ1n) is 8.47. The van der Waals surface area contributed by atoms with Crippen molar-refractivity contribution in [2.45, 2.75) is 18.9 Å². The molecule has 0 radical (unpaired) electrons. The first-order valence-corrected chi connectivity index (χ1v) is 8.47. The second kappa shape index (κ2) is 7.25. The number of imidazole rings is 1.